The highest BCUT2D eigenvalue weighted by Gasteiger charge is 2.22. The number of amides is 1. The average molecular weight is 299 g/mol. The van der Waals surface area contributed by atoms with E-state index in [-0.39, 0.29) is 13.2 Å². The number of nitrogens with two attached hydrogens (primary N) is 1. The first-order valence-corrected chi connectivity index (χ1v) is 6.60. The summed E-state index contributed by atoms with van der Waals surface area (Å²) in [4.78, 5) is 16.7. The molecule has 0 bridgehead atoms. The number of carbonyl (C=O) groups excluding carboxylic acids is 1. The van der Waals surface area contributed by atoms with Crippen LogP contribution in [0.5, 0.6) is 5.75 Å². The first-order chi connectivity index (χ1) is 9.67. The van der Waals surface area contributed by atoms with E-state index in [2.05, 4.69) is 4.98 Å². The van der Waals surface area contributed by atoms with Crippen LogP contribution in [0, 0.1) is 0 Å². The summed E-state index contributed by atoms with van der Waals surface area (Å²) in [6, 6.07) is 3.17. The van der Waals surface area contributed by atoms with Gasteiger partial charge in [-0.1, -0.05) is 0 Å². The van der Waals surface area contributed by atoms with Crippen LogP contribution in [-0.2, 0) is 4.74 Å². The molecule has 1 aromatic rings. The Morgan fingerprint density at radius 1 is 1.48 bits per heavy atom. The predicted octanol–water partition coefficient (Wildman–Crippen LogP) is 2.25. The molecule has 0 aliphatic heterocycles. The molecule has 1 rings (SSSR count). The molecule has 1 unspecified atom stereocenters. The summed E-state index contributed by atoms with van der Waals surface area (Å²) >= 11 is 0. The van der Waals surface area contributed by atoms with Gasteiger partial charge >= 0.3 is 6.09 Å². The first kappa shape index (κ1) is 17.0. The fraction of sp³-hybridized carbons (Fsp3) is 0.571. The van der Waals surface area contributed by atoms with Crippen LogP contribution >= 0.6 is 0 Å². The first-order valence-electron chi connectivity index (χ1n) is 6.60. The van der Waals surface area contributed by atoms with Gasteiger partial charge in [-0.3, -0.25) is 0 Å². The van der Waals surface area contributed by atoms with Crippen molar-refractivity contribution in [2.24, 2.45) is 0 Å². The van der Waals surface area contributed by atoms with Crippen LogP contribution in [0.15, 0.2) is 18.3 Å². The second-order valence-electron chi connectivity index (χ2n) is 5.69. The molecule has 1 atom stereocenters. The molecule has 1 aromatic heterocycles. The Morgan fingerprint density at radius 2 is 2.14 bits per heavy atom. The third kappa shape index (κ3) is 6.78. The lowest BCUT2D eigenvalue weighted by atomic mass is 10.2. The number of nitrogens with zero attached hydrogens (tertiary/aromatic N) is 2. The number of hydrogen-bond acceptors (Lipinski definition) is 5. The Labute approximate surface area is 124 Å². The number of nitrogen functional groups attached to an aromatic ring is 1. The van der Waals surface area contributed by atoms with E-state index in [1.807, 2.05) is 0 Å². The summed E-state index contributed by atoms with van der Waals surface area (Å²) in [6.45, 7) is 4.96. The molecule has 0 aliphatic rings. The zero-order valence-electron chi connectivity index (χ0n) is 12.8. The van der Waals surface area contributed by atoms with E-state index < -0.39 is 17.9 Å². The maximum Gasteiger partial charge on any atom is 0.410 e. The SMILES string of the molecule is CN(CC(F)COc1ccc(N)nc1)C(=O)OC(C)(C)C. The van der Waals surface area contributed by atoms with Crippen LogP contribution < -0.4 is 10.5 Å². The van der Waals surface area contributed by atoms with Crippen LogP contribution in [0.3, 0.4) is 0 Å². The lowest BCUT2D eigenvalue weighted by Gasteiger charge is -2.25. The Morgan fingerprint density at radius 3 is 2.67 bits per heavy atom. The van der Waals surface area contributed by atoms with Crippen molar-refractivity contribution in [3.8, 4) is 5.75 Å². The second-order valence-corrected chi connectivity index (χ2v) is 5.69. The van der Waals surface area contributed by atoms with Crippen molar-refractivity contribution in [1.82, 2.24) is 9.88 Å². The molecule has 0 saturated carbocycles. The lowest BCUT2D eigenvalue weighted by Crippen LogP contribution is -2.38. The average Bonchev–Trinajstić information content (AvgIpc) is 2.36. The zero-order valence-corrected chi connectivity index (χ0v) is 12.8. The Kier molecular flexibility index (Phi) is 5.75. The van der Waals surface area contributed by atoms with Crippen molar-refractivity contribution < 1.29 is 18.7 Å². The summed E-state index contributed by atoms with van der Waals surface area (Å²) in [5.41, 5.74) is 4.83. The molecule has 0 spiro atoms. The van der Waals surface area contributed by atoms with E-state index in [1.54, 1.807) is 32.9 Å². The number of rotatable bonds is 5. The van der Waals surface area contributed by atoms with E-state index in [4.69, 9.17) is 15.2 Å². The van der Waals surface area contributed by atoms with Crippen molar-refractivity contribution in [2.75, 3.05) is 25.9 Å². The molecule has 21 heavy (non-hydrogen) atoms. The highest BCUT2D eigenvalue weighted by atomic mass is 19.1. The van der Waals surface area contributed by atoms with Crippen molar-refractivity contribution in [1.29, 1.82) is 0 Å². The minimum Gasteiger partial charge on any atom is -0.489 e. The molecule has 7 heteroatoms. The molecule has 1 amide bonds. The Hall–Kier alpha value is -2.05. The summed E-state index contributed by atoms with van der Waals surface area (Å²) < 4.78 is 24.2. The predicted molar refractivity (Wildman–Crippen MR) is 77.9 cm³/mol. The minimum atomic E-state index is -1.33. The number of carbonyl (C=O) groups is 1. The van der Waals surface area contributed by atoms with E-state index in [9.17, 15) is 9.18 Å². The van der Waals surface area contributed by atoms with Crippen molar-refractivity contribution in [3.63, 3.8) is 0 Å². The quantitative estimate of drug-likeness (QED) is 0.902. The topological polar surface area (TPSA) is 77.7 Å². The van der Waals surface area contributed by atoms with E-state index in [0.717, 1.165) is 0 Å². The number of hydrogen-bond donors (Lipinski definition) is 1. The molecule has 6 nitrogen and oxygen atoms in total. The fourth-order valence-electron chi connectivity index (χ4n) is 1.43. The molecule has 0 radical (unpaired) electrons. The normalized spacial score (nSPS) is 12.6. The molecule has 1 heterocycles. The minimum absolute atomic E-state index is 0.114. The van der Waals surface area contributed by atoms with Gasteiger partial charge in [-0.25, -0.2) is 14.2 Å². The molecule has 0 fully saturated rings. The van der Waals surface area contributed by atoms with Gasteiger partial charge < -0.3 is 20.1 Å². The van der Waals surface area contributed by atoms with Gasteiger partial charge in [0.2, 0.25) is 0 Å². The second kappa shape index (κ2) is 7.10. The zero-order chi connectivity index (χ0) is 16.0. The summed E-state index contributed by atoms with van der Waals surface area (Å²) in [5.74, 6) is 0.788. The van der Waals surface area contributed by atoms with Crippen molar-refractivity contribution in [3.05, 3.63) is 18.3 Å². The standard InChI is InChI=1S/C14H22FN3O3/c1-14(2,3)21-13(19)18(4)8-10(15)9-20-11-5-6-12(16)17-7-11/h5-7,10H,8-9H2,1-4H3,(H2,16,17). The van der Waals surface area contributed by atoms with Crippen LogP contribution in [0.4, 0.5) is 15.0 Å². The van der Waals surface area contributed by atoms with Crippen LogP contribution in [0.25, 0.3) is 0 Å². The maximum atomic E-state index is 13.8. The lowest BCUT2D eigenvalue weighted by molar-refractivity contribution is 0.0239. The van der Waals surface area contributed by atoms with Gasteiger partial charge in [0.25, 0.3) is 0 Å². The molecule has 0 saturated heterocycles. The molecular weight excluding hydrogens is 277 g/mol. The summed E-state index contributed by atoms with van der Waals surface area (Å²) in [5, 5.41) is 0. The third-order valence-corrected chi connectivity index (χ3v) is 2.37. The third-order valence-electron chi connectivity index (χ3n) is 2.37. The van der Waals surface area contributed by atoms with Gasteiger partial charge in [-0.15, -0.1) is 0 Å². The fourth-order valence-corrected chi connectivity index (χ4v) is 1.43. The number of anilines is 1. The number of ether oxygens (including phenoxy) is 2. The molecule has 118 valence electrons. The Bertz CT molecular complexity index is 460. The van der Waals surface area contributed by atoms with Gasteiger partial charge in [0, 0.05) is 7.05 Å². The van der Waals surface area contributed by atoms with E-state index in [1.165, 1.54) is 18.1 Å². The summed E-state index contributed by atoms with van der Waals surface area (Å²) in [6.07, 6.45) is -0.487. The summed E-state index contributed by atoms with van der Waals surface area (Å²) in [7, 11) is 1.48. The van der Waals surface area contributed by atoms with Gasteiger partial charge in [-0.2, -0.15) is 0 Å². The van der Waals surface area contributed by atoms with E-state index in [0.29, 0.717) is 11.6 Å². The van der Waals surface area contributed by atoms with E-state index >= 15 is 0 Å². The number of aromatic nitrogens is 1. The molecular formula is C14H22FN3O3. The van der Waals surface area contributed by atoms with Crippen LogP contribution in [-0.4, -0.2) is 47.9 Å². The Balaban J connectivity index is 2.37. The number of halogens is 1. The van der Waals surface area contributed by atoms with Gasteiger partial charge in [0.05, 0.1) is 12.7 Å². The monoisotopic (exact) mass is 299 g/mol. The molecule has 2 N–H and O–H groups in total. The van der Waals surface area contributed by atoms with Gasteiger partial charge in [0.15, 0.2) is 6.17 Å². The smallest absolute Gasteiger partial charge is 0.410 e. The number of alkyl halides is 1. The maximum absolute atomic E-state index is 13.8. The van der Waals surface area contributed by atoms with Crippen LogP contribution in [0.2, 0.25) is 0 Å². The highest BCUT2D eigenvalue weighted by molar-refractivity contribution is 5.67. The van der Waals surface area contributed by atoms with Gasteiger partial charge in [0.1, 0.15) is 23.8 Å². The van der Waals surface area contributed by atoms with Gasteiger partial charge in [-0.05, 0) is 32.9 Å². The molecule has 0 aliphatic carbocycles. The van der Waals surface area contributed by atoms with Crippen LogP contribution in [0.1, 0.15) is 20.8 Å². The molecule has 0 aromatic carbocycles. The largest absolute Gasteiger partial charge is 0.489 e. The van der Waals surface area contributed by atoms with Crippen molar-refractivity contribution >= 4 is 11.9 Å². The van der Waals surface area contributed by atoms with Crippen molar-refractivity contribution in [2.45, 2.75) is 32.5 Å². The highest BCUT2D eigenvalue weighted by Crippen LogP contribution is 2.12. The number of pyridine rings is 1.